The summed E-state index contributed by atoms with van der Waals surface area (Å²) < 4.78 is 16.3. The highest BCUT2D eigenvalue weighted by Crippen LogP contribution is 2.27. The number of aromatic nitrogens is 3. The molecule has 1 aromatic heterocycles. The van der Waals surface area contributed by atoms with E-state index >= 15 is 0 Å². The molecular weight excluding hydrogens is 459 g/mol. The lowest BCUT2D eigenvalue weighted by Gasteiger charge is -2.11. The van der Waals surface area contributed by atoms with Gasteiger partial charge >= 0.3 is 0 Å². The van der Waals surface area contributed by atoms with Gasteiger partial charge < -0.3 is 5.32 Å². The van der Waals surface area contributed by atoms with Gasteiger partial charge in [-0.2, -0.15) is 0 Å². The van der Waals surface area contributed by atoms with E-state index in [1.165, 1.54) is 17.8 Å². The first-order valence-corrected chi connectivity index (χ1v) is 11.8. The SMILES string of the molecule is O=C(CSc1nnc(-c2ccccc2F)n1Cc1ccccc1)NCCc1ccc(Cl)cc1. The van der Waals surface area contributed by atoms with Gasteiger partial charge in [0.15, 0.2) is 11.0 Å². The molecule has 5 nitrogen and oxygen atoms in total. The number of carbonyl (C=O) groups is 1. The summed E-state index contributed by atoms with van der Waals surface area (Å²) >= 11 is 7.18. The van der Waals surface area contributed by atoms with Crippen molar-refractivity contribution in [2.45, 2.75) is 18.1 Å². The fraction of sp³-hybridized carbons (Fsp3) is 0.160. The van der Waals surface area contributed by atoms with Crippen LogP contribution in [0.1, 0.15) is 11.1 Å². The van der Waals surface area contributed by atoms with Crippen LogP contribution in [-0.4, -0.2) is 33.0 Å². The second-order valence-electron chi connectivity index (χ2n) is 7.37. The van der Waals surface area contributed by atoms with Gasteiger partial charge in [-0.15, -0.1) is 10.2 Å². The molecule has 33 heavy (non-hydrogen) atoms. The highest BCUT2D eigenvalue weighted by Gasteiger charge is 2.18. The minimum Gasteiger partial charge on any atom is -0.355 e. The average molecular weight is 481 g/mol. The van der Waals surface area contributed by atoms with Crippen molar-refractivity contribution in [3.8, 4) is 11.4 Å². The van der Waals surface area contributed by atoms with Gasteiger partial charge in [0.05, 0.1) is 17.9 Å². The molecule has 0 aliphatic carbocycles. The Morgan fingerprint density at radius 1 is 0.939 bits per heavy atom. The van der Waals surface area contributed by atoms with Crippen molar-refractivity contribution in [3.05, 3.63) is 101 Å². The van der Waals surface area contributed by atoms with E-state index in [-0.39, 0.29) is 17.5 Å². The van der Waals surface area contributed by atoms with Crippen LogP contribution in [0.15, 0.2) is 84.0 Å². The quantitative estimate of drug-likeness (QED) is 0.333. The van der Waals surface area contributed by atoms with E-state index in [0.29, 0.717) is 34.7 Å². The molecule has 4 rings (SSSR count). The lowest BCUT2D eigenvalue weighted by molar-refractivity contribution is -0.118. The Bertz CT molecular complexity index is 1210. The summed E-state index contributed by atoms with van der Waals surface area (Å²) in [7, 11) is 0. The van der Waals surface area contributed by atoms with Crippen molar-refractivity contribution in [1.82, 2.24) is 20.1 Å². The first-order chi connectivity index (χ1) is 16.1. The highest BCUT2D eigenvalue weighted by molar-refractivity contribution is 7.99. The van der Waals surface area contributed by atoms with Crippen LogP contribution in [-0.2, 0) is 17.8 Å². The fourth-order valence-electron chi connectivity index (χ4n) is 3.32. The van der Waals surface area contributed by atoms with Crippen LogP contribution < -0.4 is 5.32 Å². The molecule has 1 N–H and O–H groups in total. The van der Waals surface area contributed by atoms with E-state index in [1.54, 1.807) is 18.2 Å². The molecule has 0 unspecified atom stereocenters. The third-order valence-corrected chi connectivity index (χ3v) is 6.22. The molecule has 0 saturated heterocycles. The van der Waals surface area contributed by atoms with Crippen molar-refractivity contribution in [2.75, 3.05) is 12.3 Å². The fourth-order valence-corrected chi connectivity index (χ4v) is 4.22. The third kappa shape index (κ3) is 6.21. The summed E-state index contributed by atoms with van der Waals surface area (Å²) in [5.74, 6) is 0.152. The standard InChI is InChI=1S/C25H22ClFN4OS/c26-20-12-10-18(11-13-20)14-15-28-23(32)17-33-25-30-29-24(21-8-4-5-9-22(21)27)31(25)16-19-6-2-1-3-7-19/h1-13H,14-17H2,(H,28,32). The summed E-state index contributed by atoms with van der Waals surface area (Å²) in [5.41, 5.74) is 2.51. The molecule has 1 amide bonds. The van der Waals surface area contributed by atoms with Crippen molar-refractivity contribution in [2.24, 2.45) is 0 Å². The Labute approximate surface area is 201 Å². The normalized spacial score (nSPS) is 10.8. The summed E-state index contributed by atoms with van der Waals surface area (Å²) in [4.78, 5) is 12.4. The highest BCUT2D eigenvalue weighted by atomic mass is 35.5. The number of amides is 1. The molecule has 3 aromatic carbocycles. The predicted octanol–water partition coefficient (Wildman–Crippen LogP) is 5.24. The second-order valence-corrected chi connectivity index (χ2v) is 8.75. The number of nitrogens with zero attached hydrogens (tertiary/aromatic N) is 3. The maximum absolute atomic E-state index is 14.5. The second kappa shape index (κ2) is 11.1. The predicted molar refractivity (Wildman–Crippen MR) is 130 cm³/mol. The van der Waals surface area contributed by atoms with Crippen LogP contribution in [0, 0.1) is 5.82 Å². The van der Waals surface area contributed by atoms with Crippen LogP contribution in [0.3, 0.4) is 0 Å². The molecular formula is C25H22ClFN4OS. The number of rotatable bonds is 9. The van der Waals surface area contributed by atoms with Gasteiger partial charge in [-0.05, 0) is 41.8 Å². The lowest BCUT2D eigenvalue weighted by Crippen LogP contribution is -2.27. The van der Waals surface area contributed by atoms with Crippen LogP contribution in [0.5, 0.6) is 0 Å². The van der Waals surface area contributed by atoms with Gasteiger partial charge in [-0.25, -0.2) is 4.39 Å². The minimum atomic E-state index is -0.365. The Morgan fingerprint density at radius 3 is 2.42 bits per heavy atom. The Hall–Kier alpha value is -3.16. The molecule has 0 saturated carbocycles. The number of nitrogens with one attached hydrogen (secondary N) is 1. The topological polar surface area (TPSA) is 59.8 Å². The van der Waals surface area contributed by atoms with Gasteiger partial charge in [0.25, 0.3) is 0 Å². The molecule has 0 fully saturated rings. The van der Waals surface area contributed by atoms with E-state index < -0.39 is 0 Å². The summed E-state index contributed by atoms with van der Waals surface area (Å²) in [5, 5.41) is 12.7. The maximum Gasteiger partial charge on any atom is 0.230 e. The Morgan fingerprint density at radius 2 is 1.67 bits per heavy atom. The number of hydrogen-bond acceptors (Lipinski definition) is 4. The smallest absolute Gasteiger partial charge is 0.230 e. The number of hydrogen-bond donors (Lipinski definition) is 1. The molecule has 8 heteroatoms. The van der Waals surface area contributed by atoms with Gasteiger partial charge in [0, 0.05) is 11.6 Å². The number of halogens is 2. The van der Waals surface area contributed by atoms with E-state index in [1.807, 2.05) is 59.2 Å². The van der Waals surface area contributed by atoms with Crippen molar-refractivity contribution in [1.29, 1.82) is 0 Å². The summed E-state index contributed by atoms with van der Waals surface area (Å²) in [6, 6.07) is 23.9. The maximum atomic E-state index is 14.5. The van der Waals surface area contributed by atoms with Crippen LogP contribution in [0.2, 0.25) is 5.02 Å². The first kappa shape index (κ1) is 23.0. The zero-order valence-electron chi connectivity index (χ0n) is 17.7. The van der Waals surface area contributed by atoms with Crippen LogP contribution in [0.4, 0.5) is 4.39 Å². The summed E-state index contributed by atoms with van der Waals surface area (Å²) in [6.07, 6.45) is 0.717. The van der Waals surface area contributed by atoms with Crippen molar-refractivity contribution < 1.29 is 9.18 Å². The lowest BCUT2D eigenvalue weighted by atomic mass is 10.1. The Kier molecular flexibility index (Phi) is 7.75. The van der Waals surface area contributed by atoms with Crippen LogP contribution in [0.25, 0.3) is 11.4 Å². The number of thioether (sulfide) groups is 1. The molecule has 0 atom stereocenters. The van der Waals surface area contributed by atoms with Gasteiger partial charge in [-0.3, -0.25) is 9.36 Å². The van der Waals surface area contributed by atoms with E-state index in [2.05, 4.69) is 15.5 Å². The minimum absolute atomic E-state index is 0.101. The largest absolute Gasteiger partial charge is 0.355 e. The van der Waals surface area contributed by atoms with Gasteiger partial charge in [-0.1, -0.05) is 78.0 Å². The van der Waals surface area contributed by atoms with Crippen molar-refractivity contribution >= 4 is 29.3 Å². The molecule has 4 aromatic rings. The molecule has 1 heterocycles. The summed E-state index contributed by atoms with van der Waals surface area (Å²) in [6.45, 7) is 0.996. The van der Waals surface area contributed by atoms with Crippen molar-refractivity contribution in [3.63, 3.8) is 0 Å². The van der Waals surface area contributed by atoms with Crippen LogP contribution >= 0.6 is 23.4 Å². The van der Waals surface area contributed by atoms with E-state index in [4.69, 9.17) is 11.6 Å². The van der Waals surface area contributed by atoms with E-state index in [9.17, 15) is 9.18 Å². The first-order valence-electron chi connectivity index (χ1n) is 10.5. The molecule has 0 bridgehead atoms. The van der Waals surface area contributed by atoms with E-state index in [0.717, 1.165) is 17.5 Å². The average Bonchev–Trinajstić information content (AvgIpc) is 3.22. The molecule has 0 aliphatic heterocycles. The zero-order valence-corrected chi connectivity index (χ0v) is 19.3. The molecule has 0 spiro atoms. The third-order valence-electron chi connectivity index (χ3n) is 5.00. The molecule has 0 radical (unpaired) electrons. The van der Waals surface area contributed by atoms with Gasteiger partial charge in [0.2, 0.25) is 5.91 Å². The monoisotopic (exact) mass is 480 g/mol. The number of carbonyl (C=O) groups excluding carboxylic acids is 1. The number of benzene rings is 3. The zero-order chi connectivity index (χ0) is 23.0. The Balaban J connectivity index is 1.43. The molecule has 168 valence electrons. The van der Waals surface area contributed by atoms with Gasteiger partial charge in [0.1, 0.15) is 5.82 Å². The molecule has 0 aliphatic rings.